The molecule has 2 rings (SSSR count). The number of ether oxygens (including phenoxy) is 2. The van der Waals surface area contributed by atoms with Gasteiger partial charge in [-0.15, -0.1) is 0 Å². The zero-order valence-electron chi connectivity index (χ0n) is 11.8. The highest BCUT2D eigenvalue weighted by Crippen LogP contribution is 2.37. The highest BCUT2D eigenvalue weighted by atomic mass is 16.7. The first kappa shape index (κ1) is 17.9. The second kappa shape index (κ2) is 6.24. The van der Waals surface area contributed by atoms with Gasteiger partial charge in [-0.3, -0.25) is 0 Å². The summed E-state index contributed by atoms with van der Waals surface area (Å²) in [6.07, 6.45) is -14.8. The number of rotatable bonds is 2. The molecule has 2 saturated heterocycles. The van der Waals surface area contributed by atoms with Crippen molar-refractivity contribution in [1.29, 1.82) is 0 Å². The largest absolute Gasteiger partial charge is 0.394 e. The van der Waals surface area contributed by atoms with Gasteiger partial charge < -0.3 is 50.3 Å². The third-order valence-corrected chi connectivity index (χ3v) is 4.26. The Hall–Kier alpha value is -0.400. The van der Waals surface area contributed by atoms with E-state index in [1.165, 1.54) is 6.92 Å². The van der Waals surface area contributed by atoms with E-state index in [4.69, 9.17) is 14.6 Å². The van der Waals surface area contributed by atoms with Crippen LogP contribution in [0.15, 0.2) is 0 Å². The van der Waals surface area contributed by atoms with Gasteiger partial charge in [0.2, 0.25) is 5.79 Å². The van der Waals surface area contributed by atoms with Crippen molar-refractivity contribution < 1.29 is 50.3 Å². The lowest BCUT2D eigenvalue weighted by Crippen LogP contribution is -2.74. The Morgan fingerprint density at radius 2 is 1.45 bits per heavy atom. The Labute approximate surface area is 125 Å². The molecule has 0 bridgehead atoms. The first-order chi connectivity index (χ1) is 10.1. The highest BCUT2D eigenvalue weighted by molar-refractivity contribution is 5.05. The van der Waals surface area contributed by atoms with Crippen molar-refractivity contribution in [3.63, 3.8) is 0 Å². The van der Waals surface area contributed by atoms with Crippen molar-refractivity contribution in [1.82, 2.24) is 0 Å². The summed E-state index contributed by atoms with van der Waals surface area (Å²) >= 11 is 0. The van der Waals surface area contributed by atoms with Crippen LogP contribution in [-0.4, -0.2) is 108 Å². The number of aliphatic hydroxyl groups excluding tert-OH is 7. The Morgan fingerprint density at radius 1 is 0.864 bits per heavy atom. The van der Waals surface area contributed by atoms with Gasteiger partial charge in [-0.1, -0.05) is 0 Å². The normalized spacial score (nSPS) is 56.9. The Morgan fingerprint density at radius 3 is 2.00 bits per heavy atom. The number of aliphatic hydroxyl groups is 8. The molecule has 0 aromatic rings. The average molecular weight is 326 g/mol. The summed E-state index contributed by atoms with van der Waals surface area (Å²) in [5.41, 5.74) is 0. The first-order valence-corrected chi connectivity index (χ1v) is 6.90. The lowest BCUT2D eigenvalue weighted by atomic mass is 9.83. The third-order valence-electron chi connectivity index (χ3n) is 4.26. The Kier molecular flexibility index (Phi) is 5.09. The molecule has 0 aromatic carbocycles. The van der Waals surface area contributed by atoms with E-state index in [1.54, 1.807) is 0 Å². The molecule has 0 unspecified atom stereocenters. The summed E-state index contributed by atoms with van der Waals surface area (Å²) in [7, 11) is 0. The van der Waals surface area contributed by atoms with E-state index in [1.807, 2.05) is 0 Å². The molecule has 130 valence electrons. The summed E-state index contributed by atoms with van der Waals surface area (Å²) in [5, 5.41) is 78.4. The summed E-state index contributed by atoms with van der Waals surface area (Å²) in [6.45, 7) is 0.580. The van der Waals surface area contributed by atoms with Gasteiger partial charge in [0, 0.05) is 0 Å². The maximum absolute atomic E-state index is 10.5. The van der Waals surface area contributed by atoms with Gasteiger partial charge in [0.15, 0.2) is 0 Å². The molecule has 0 aromatic heterocycles. The molecular formula is C12H22O10. The van der Waals surface area contributed by atoms with Gasteiger partial charge >= 0.3 is 0 Å². The van der Waals surface area contributed by atoms with Crippen LogP contribution >= 0.6 is 0 Å². The quantitative estimate of drug-likeness (QED) is 0.245. The van der Waals surface area contributed by atoms with Gasteiger partial charge in [0.1, 0.15) is 48.8 Å². The van der Waals surface area contributed by atoms with Crippen LogP contribution in [0.1, 0.15) is 6.92 Å². The molecule has 0 saturated carbocycles. The maximum Gasteiger partial charge on any atom is 0.225 e. The van der Waals surface area contributed by atoms with Crippen molar-refractivity contribution in [2.24, 2.45) is 0 Å². The minimum Gasteiger partial charge on any atom is -0.394 e. The zero-order chi connectivity index (χ0) is 16.8. The number of hydrogen-bond acceptors (Lipinski definition) is 10. The molecule has 10 atom stereocenters. The van der Waals surface area contributed by atoms with Crippen LogP contribution in [0, 0.1) is 0 Å². The van der Waals surface area contributed by atoms with E-state index in [0.717, 1.165) is 0 Å². The third kappa shape index (κ3) is 2.65. The molecule has 2 heterocycles. The van der Waals surface area contributed by atoms with Crippen LogP contribution in [0.25, 0.3) is 0 Å². The lowest BCUT2D eigenvalue weighted by Gasteiger charge is -2.52. The van der Waals surface area contributed by atoms with E-state index in [9.17, 15) is 35.7 Å². The first-order valence-electron chi connectivity index (χ1n) is 6.90. The van der Waals surface area contributed by atoms with E-state index in [2.05, 4.69) is 0 Å². The van der Waals surface area contributed by atoms with Gasteiger partial charge in [0.05, 0.1) is 12.7 Å². The minimum atomic E-state index is -2.71. The monoisotopic (exact) mass is 326 g/mol. The van der Waals surface area contributed by atoms with E-state index >= 15 is 0 Å². The molecule has 0 amide bonds. The molecule has 2 aliphatic heterocycles. The molecule has 0 radical (unpaired) electrons. The minimum absolute atomic E-state index is 0.781. The molecule has 10 nitrogen and oxygen atoms in total. The fourth-order valence-electron chi connectivity index (χ4n) is 2.81. The SMILES string of the molecule is C[C@@H]1O[C@@H]([C@@]2(O)O[C@H](CO)[C@@H](O)[C@H](O)[C@H]2O)[C@H](O)[C@H](O)[C@H]1O. The van der Waals surface area contributed by atoms with Gasteiger partial charge in [0.25, 0.3) is 0 Å². The fourth-order valence-corrected chi connectivity index (χ4v) is 2.81. The Bertz CT molecular complexity index is 392. The molecule has 0 aliphatic carbocycles. The van der Waals surface area contributed by atoms with Crippen LogP contribution in [0.3, 0.4) is 0 Å². The fraction of sp³-hybridized carbons (Fsp3) is 1.00. The molecule has 22 heavy (non-hydrogen) atoms. The smallest absolute Gasteiger partial charge is 0.225 e. The van der Waals surface area contributed by atoms with E-state index in [0.29, 0.717) is 0 Å². The van der Waals surface area contributed by atoms with Gasteiger partial charge in [-0.25, -0.2) is 0 Å². The predicted molar refractivity (Wildman–Crippen MR) is 67.3 cm³/mol. The van der Waals surface area contributed by atoms with Crippen LogP contribution in [-0.2, 0) is 9.47 Å². The van der Waals surface area contributed by atoms with Crippen molar-refractivity contribution in [3.05, 3.63) is 0 Å². The standard InChI is InChI=1S/C12H22O10/c1-3-5(14)7(16)9(18)11(21-3)12(20)10(19)8(17)6(15)4(2-13)22-12/h3-11,13-20H,2H2,1H3/t3-,4+,5-,6+,7+,8-,9+,10+,11+,12-/m0/s1. The summed E-state index contributed by atoms with van der Waals surface area (Å²) in [4.78, 5) is 0. The highest BCUT2D eigenvalue weighted by Gasteiger charge is 2.62. The summed E-state index contributed by atoms with van der Waals surface area (Å²) < 4.78 is 10.2. The topological polar surface area (TPSA) is 180 Å². The van der Waals surface area contributed by atoms with Crippen LogP contribution in [0.4, 0.5) is 0 Å². The Balaban J connectivity index is 2.31. The summed E-state index contributed by atoms with van der Waals surface area (Å²) in [5.74, 6) is -2.71. The summed E-state index contributed by atoms with van der Waals surface area (Å²) in [6, 6.07) is 0. The molecule has 8 N–H and O–H groups in total. The molecule has 0 spiro atoms. The molecule has 10 heteroatoms. The maximum atomic E-state index is 10.5. The van der Waals surface area contributed by atoms with Crippen molar-refractivity contribution >= 4 is 0 Å². The average Bonchev–Trinajstić information content (AvgIpc) is 2.50. The molecular weight excluding hydrogens is 304 g/mol. The van der Waals surface area contributed by atoms with Gasteiger partial charge in [-0.05, 0) is 6.92 Å². The lowest BCUT2D eigenvalue weighted by molar-refractivity contribution is -0.404. The molecule has 2 fully saturated rings. The van der Waals surface area contributed by atoms with Crippen LogP contribution in [0.5, 0.6) is 0 Å². The van der Waals surface area contributed by atoms with Crippen molar-refractivity contribution in [2.75, 3.05) is 6.61 Å². The van der Waals surface area contributed by atoms with Crippen LogP contribution in [0.2, 0.25) is 0 Å². The van der Waals surface area contributed by atoms with Crippen molar-refractivity contribution in [3.8, 4) is 0 Å². The van der Waals surface area contributed by atoms with Crippen molar-refractivity contribution in [2.45, 2.75) is 67.6 Å². The zero-order valence-corrected chi connectivity index (χ0v) is 11.8. The predicted octanol–water partition coefficient (Wildman–Crippen LogP) is -4.98. The number of hydrogen-bond donors (Lipinski definition) is 8. The second-order valence-corrected chi connectivity index (χ2v) is 5.75. The molecule has 2 aliphatic rings. The van der Waals surface area contributed by atoms with Gasteiger partial charge in [-0.2, -0.15) is 0 Å². The van der Waals surface area contributed by atoms with E-state index < -0.39 is 67.3 Å². The van der Waals surface area contributed by atoms with Crippen LogP contribution < -0.4 is 0 Å². The van der Waals surface area contributed by atoms with E-state index in [-0.39, 0.29) is 0 Å². The second-order valence-electron chi connectivity index (χ2n) is 5.75.